The number of benzene rings is 1. The maximum absolute atomic E-state index is 12.8. The molecule has 3 rings (SSSR count). The third-order valence-electron chi connectivity index (χ3n) is 4.33. The van der Waals surface area contributed by atoms with E-state index in [2.05, 4.69) is 5.10 Å². The average Bonchev–Trinajstić information content (AvgIpc) is 3.00. The van der Waals surface area contributed by atoms with Crippen LogP contribution in [0.25, 0.3) is 5.69 Å². The van der Waals surface area contributed by atoms with Crippen molar-refractivity contribution >= 4 is 11.9 Å². The standard InChI is InChI=1S/C18H18F3N3O3/c1-3-27-16(25)15-13-10-23(17(26)18(19,20)21)9-8-14(13)24(22-15)12-6-4-11(2)5-7-12/h4-7H,3,8-10H2,1-2H3. The van der Waals surface area contributed by atoms with Crippen molar-refractivity contribution in [1.29, 1.82) is 0 Å². The number of carbonyl (C=O) groups excluding carboxylic acids is 2. The summed E-state index contributed by atoms with van der Waals surface area (Å²) in [6, 6.07) is 7.36. The van der Waals surface area contributed by atoms with Crippen LogP contribution in [-0.2, 0) is 22.5 Å². The molecule has 27 heavy (non-hydrogen) atoms. The molecule has 0 aliphatic carbocycles. The molecule has 0 saturated heterocycles. The number of ether oxygens (including phenoxy) is 1. The molecular weight excluding hydrogens is 363 g/mol. The molecule has 1 aromatic carbocycles. The maximum Gasteiger partial charge on any atom is 0.471 e. The number of amides is 1. The highest BCUT2D eigenvalue weighted by Crippen LogP contribution is 2.29. The summed E-state index contributed by atoms with van der Waals surface area (Å²) in [7, 11) is 0. The van der Waals surface area contributed by atoms with Crippen molar-refractivity contribution in [2.45, 2.75) is 33.0 Å². The highest BCUT2D eigenvalue weighted by atomic mass is 19.4. The Hall–Kier alpha value is -2.84. The number of hydrogen-bond donors (Lipinski definition) is 0. The molecule has 1 aliphatic rings. The summed E-state index contributed by atoms with van der Waals surface area (Å²) in [5.41, 5.74) is 2.55. The SMILES string of the molecule is CCOC(=O)c1nn(-c2ccc(C)cc2)c2c1CN(C(=O)C(F)(F)F)CC2. The lowest BCUT2D eigenvalue weighted by Gasteiger charge is -2.28. The predicted octanol–water partition coefficient (Wildman–Crippen LogP) is 2.80. The molecule has 2 heterocycles. The van der Waals surface area contributed by atoms with Crippen LogP contribution in [0.1, 0.15) is 34.2 Å². The Kier molecular flexibility index (Phi) is 4.95. The van der Waals surface area contributed by atoms with Crippen LogP contribution < -0.4 is 0 Å². The Morgan fingerprint density at radius 3 is 2.48 bits per heavy atom. The lowest BCUT2D eigenvalue weighted by atomic mass is 10.0. The molecule has 0 bridgehead atoms. The van der Waals surface area contributed by atoms with Gasteiger partial charge in [0.2, 0.25) is 0 Å². The summed E-state index contributed by atoms with van der Waals surface area (Å²) >= 11 is 0. The van der Waals surface area contributed by atoms with E-state index in [0.717, 1.165) is 5.56 Å². The van der Waals surface area contributed by atoms with Crippen LogP contribution >= 0.6 is 0 Å². The first-order valence-electron chi connectivity index (χ1n) is 8.43. The number of nitrogens with zero attached hydrogens (tertiary/aromatic N) is 3. The van der Waals surface area contributed by atoms with E-state index in [1.54, 1.807) is 6.92 Å². The van der Waals surface area contributed by atoms with Crippen LogP contribution in [0.5, 0.6) is 0 Å². The maximum atomic E-state index is 12.8. The van der Waals surface area contributed by atoms with Gasteiger partial charge in [0.25, 0.3) is 0 Å². The minimum Gasteiger partial charge on any atom is -0.461 e. The Morgan fingerprint density at radius 2 is 1.89 bits per heavy atom. The van der Waals surface area contributed by atoms with Crippen LogP contribution in [0.15, 0.2) is 24.3 Å². The number of hydrogen-bond acceptors (Lipinski definition) is 4. The third-order valence-corrected chi connectivity index (χ3v) is 4.33. The van der Waals surface area contributed by atoms with Gasteiger partial charge in [-0.05, 0) is 26.0 Å². The quantitative estimate of drug-likeness (QED) is 0.767. The zero-order valence-electron chi connectivity index (χ0n) is 14.8. The molecule has 1 amide bonds. The van der Waals surface area contributed by atoms with Gasteiger partial charge < -0.3 is 9.64 Å². The number of rotatable bonds is 3. The molecule has 0 unspecified atom stereocenters. The van der Waals surface area contributed by atoms with Gasteiger partial charge in [0.15, 0.2) is 5.69 Å². The van der Waals surface area contributed by atoms with E-state index in [4.69, 9.17) is 4.74 Å². The number of esters is 1. The smallest absolute Gasteiger partial charge is 0.461 e. The number of carbonyl (C=O) groups is 2. The first kappa shape index (κ1) is 18.9. The molecule has 1 aliphatic heterocycles. The van der Waals surface area contributed by atoms with Crippen molar-refractivity contribution in [3.63, 3.8) is 0 Å². The number of fused-ring (bicyclic) bond motifs is 1. The van der Waals surface area contributed by atoms with Crippen LogP contribution in [0.2, 0.25) is 0 Å². The van der Waals surface area contributed by atoms with Gasteiger partial charge in [0.1, 0.15) is 0 Å². The van der Waals surface area contributed by atoms with E-state index >= 15 is 0 Å². The molecule has 2 aromatic rings. The van der Waals surface area contributed by atoms with Crippen LogP contribution in [0.4, 0.5) is 13.2 Å². The van der Waals surface area contributed by atoms with Gasteiger partial charge in [-0.25, -0.2) is 9.48 Å². The molecule has 9 heteroatoms. The molecule has 0 saturated carbocycles. The number of aromatic nitrogens is 2. The number of alkyl halides is 3. The van der Waals surface area contributed by atoms with E-state index in [-0.39, 0.29) is 37.4 Å². The second kappa shape index (κ2) is 7.05. The Bertz CT molecular complexity index is 872. The predicted molar refractivity (Wildman–Crippen MR) is 89.4 cm³/mol. The molecule has 6 nitrogen and oxygen atoms in total. The lowest BCUT2D eigenvalue weighted by molar-refractivity contribution is -0.186. The van der Waals surface area contributed by atoms with Gasteiger partial charge in [-0.2, -0.15) is 18.3 Å². The zero-order valence-corrected chi connectivity index (χ0v) is 14.8. The summed E-state index contributed by atoms with van der Waals surface area (Å²) in [6.45, 7) is 3.21. The first-order chi connectivity index (χ1) is 12.7. The van der Waals surface area contributed by atoms with E-state index in [1.165, 1.54) is 4.68 Å². The van der Waals surface area contributed by atoms with Gasteiger partial charge in [-0.15, -0.1) is 0 Å². The summed E-state index contributed by atoms with van der Waals surface area (Å²) < 4.78 is 44.9. The van der Waals surface area contributed by atoms with Gasteiger partial charge in [0.05, 0.1) is 24.5 Å². The van der Waals surface area contributed by atoms with Gasteiger partial charge in [-0.3, -0.25) is 4.79 Å². The summed E-state index contributed by atoms with van der Waals surface area (Å²) in [5, 5.41) is 4.29. The van der Waals surface area contributed by atoms with E-state index in [1.807, 2.05) is 31.2 Å². The molecule has 0 spiro atoms. The van der Waals surface area contributed by atoms with Gasteiger partial charge >= 0.3 is 18.1 Å². The monoisotopic (exact) mass is 381 g/mol. The highest BCUT2D eigenvalue weighted by molar-refractivity contribution is 5.90. The molecule has 0 atom stereocenters. The fraction of sp³-hybridized carbons (Fsp3) is 0.389. The van der Waals surface area contributed by atoms with Gasteiger partial charge in [-0.1, -0.05) is 17.7 Å². The Morgan fingerprint density at radius 1 is 1.22 bits per heavy atom. The number of aryl methyl sites for hydroxylation is 1. The van der Waals surface area contributed by atoms with Crippen molar-refractivity contribution in [1.82, 2.24) is 14.7 Å². The zero-order chi connectivity index (χ0) is 19.8. The molecule has 1 aromatic heterocycles. The second-order valence-corrected chi connectivity index (χ2v) is 6.22. The molecule has 0 N–H and O–H groups in total. The van der Waals surface area contributed by atoms with Crippen LogP contribution in [-0.4, -0.2) is 45.9 Å². The third kappa shape index (κ3) is 3.67. The first-order valence-corrected chi connectivity index (χ1v) is 8.43. The van der Waals surface area contributed by atoms with Crippen LogP contribution in [0, 0.1) is 6.92 Å². The summed E-state index contributed by atoms with van der Waals surface area (Å²) in [6.07, 6.45) is -4.81. The van der Waals surface area contributed by atoms with E-state index in [0.29, 0.717) is 16.3 Å². The van der Waals surface area contributed by atoms with Crippen molar-refractivity contribution in [2.75, 3.05) is 13.2 Å². The molecular formula is C18H18F3N3O3. The fourth-order valence-corrected chi connectivity index (χ4v) is 3.03. The topological polar surface area (TPSA) is 64.4 Å². The average molecular weight is 381 g/mol. The second-order valence-electron chi connectivity index (χ2n) is 6.22. The fourth-order valence-electron chi connectivity index (χ4n) is 3.03. The molecule has 144 valence electrons. The normalized spacial score (nSPS) is 14.0. The number of halogens is 3. The van der Waals surface area contributed by atoms with Crippen molar-refractivity contribution in [3.8, 4) is 5.69 Å². The lowest BCUT2D eigenvalue weighted by Crippen LogP contribution is -2.44. The van der Waals surface area contributed by atoms with Crippen molar-refractivity contribution in [2.24, 2.45) is 0 Å². The minimum absolute atomic E-state index is 0.0629. The van der Waals surface area contributed by atoms with Crippen molar-refractivity contribution in [3.05, 3.63) is 46.8 Å². The molecule has 0 radical (unpaired) electrons. The van der Waals surface area contributed by atoms with Crippen molar-refractivity contribution < 1.29 is 27.5 Å². The van der Waals surface area contributed by atoms with Crippen LogP contribution in [0.3, 0.4) is 0 Å². The highest BCUT2D eigenvalue weighted by Gasteiger charge is 2.44. The molecule has 0 fully saturated rings. The largest absolute Gasteiger partial charge is 0.471 e. The van der Waals surface area contributed by atoms with E-state index < -0.39 is 18.1 Å². The Labute approximate surface area is 153 Å². The Balaban J connectivity index is 2.04. The van der Waals surface area contributed by atoms with E-state index in [9.17, 15) is 22.8 Å². The summed E-state index contributed by atoms with van der Waals surface area (Å²) in [4.78, 5) is 24.6. The van der Waals surface area contributed by atoms with Gasteiger partial charge in [0, 0.05) is 18.5 Å². The summed E-state index contributed by atoms with van der Waals surface area (Å²) in [5.74, 6) is -2.65. The minimum atomic E-state index is -4.96.